The Bertz CT molecular complexity index is 852. The van der Waals surface area contributed by atoms with Crippen LogP contribution in [0.5, 0.6) is 0 Å². The zero-order valence-corrected chi connectivity index (χ0v) is 15.2. The molecule has 140 valence electrons. The quantitative estimate of drug-likeness (QED) is 0.792. The lowest BCUT2D eigenvalue weighted by molar-refractivity contribution is 0.0549. The van der Waals surface area contributed by atoms with Crippen LogP contribution in [0.4, 0.5) is 0 Å². The van der Waals surface area contributed by atoms with E-state index in [9.17, 15) is 13.2 Å². The number of furan rings is 1. The third kappa shape index (κ3) is 3.54. The van der Waals surface area contributed by atoms with Gasteiger partial charge in [-0.05, 0) is 25.0 Å². The molecular formula is C17H21N3O5S. The molecule has 0 bridgehead atoms. The van der Waals surface area contributed by atoms with Crippen LogP contribution in [-0.2, 0) is 9.84 Å². The van der Waals surface area contributed by atoms with Gasteiger partial charge in [0.05, 0.1) is 17.8 Å². The van der Waals surface area contributed by atoms with Gasteiger partial charge in [0.2, 0.25) is 5.76 Å². The van der Waals surface area contributed by atoms with Gasteiger partial charge in [0.15, 0.2) is 11.5 Å². The minimum atomic E-state index is -2.85. The molecule has 0 aromatic carbocycles. The van der Waals surface area contributed by atoms with Crippen LogP contribution in [0.3, 0.4) is 0 Å². The number of carbonyl (C=O) groups is 1. The first-order chi connectivity index (χ1) is 12.5. The Hall–Kier alpha value is -2.13. The van der Waals surface area contributed by atoms with E-state index in [0.717, 1.165) is 13.1 Å². The van der Waals surface area contributed by atoms with E-state index in [-0.39, 0.29) is 23.1 Å². The third-order valence-corrected chi connectivity index (χ3v) is 6.85. The Kier molecular flexibility index (Phi) is 4.58. The van der Waals surface area contributed by atoms with Crippen molar-refractivity contribution in [3.63, 3.8) is 0 Å². The van der Waals surface area contributed by atoms with Gasteiger partial charge in [0.25, 0.3) is 5.91 Å². The molecule has 2 fully saturated rings. The van der Waals surface area contributed by atoms with Gasteiger partial charge in [0, 0.05) is 38.3 Å². The lowest BCUT2D eigenvalue weighted by atomic mass is 10.1. The van der Waals surface area contributed by atoms with E-state index in [0.29, 0.717) is 43.5 Å². The summed E-state index contributed by atoms with van der Waals surface area (Å²) >= 11 is 0. The smallest absolute Gasteiger partial charge is 0.276 e. The number of aromatic nitrogens is 1. The summed E-state index contributed by atoms with van der Waals surface area (Å²) in [5, 5.41) is 3.87. The summed E-state index contributed by atoms with van der Waals surface area (Å²) in [6, 6.07) is 5.39. The summed E-state index contributed by atoms with van der Waals surface area (Å²) in [6.07, 6.45) is 2.91. The van der Waals surface area contributed by atoms with E-state index in [1.165, 1.54) is 6.26 Å². The Morgan fingerprint density at radius 2 is 1.85 bits per heavy atom. The first-order valence-electron chi connectivity index (χ1n) is 8.76. The van der Waals surface area contributed by atoms with Crippen LogP contribution in [-0.4, -0.2) is 73.0 Å². The number of sulfone groups is 1. The largest absolute Gasteiger partial charge is 0.461 e. The van der Waals surface area contributed by atoms with E-state index in [2.05, 4.69) is 10.1 Å². The molecule has 8 nitrogen and oxygen atoms in total. The van der Waals surface area contributed by atoms with E-state index >= 15 is 0 Å². The topological polar surface area (TPSA) is 96.9 Å². The van der Waals surface area contributed by atoms with Gasteiger partial charge < -0.3 is 13.8 Å². The summed E-state index contributed by atoms with van der Waals surface area (Å²) in [4.78, 5) is 16.7. The second-order valence-corrected chi connectivity index (χ2v) is 9.07. The van der Waals surface area contributed by atoms with Gasteiger partial charge in [-0.2, -0.15) is 0 Å². The third-order valence-electron chi connectivity index (χ3n) is 5.14. The molecule has 0 spiro atoms. The van der Waals surface area contributed by atoms with Gasteiger partial charge in [-0.3, -0.25) is 9.69 Å². The highest BCUT2D eigenvalue weighted by molar-refractivity contribution is 7.91. The molecule has 0 saturated carbocycles. The van der Waals surface area contributed by atoms with Crippen molar-refractivity contribution < 1.29 is 22.2 Å². The number of rotatable bonds is 3. The van der Waals surface area contributed by atoms with Crippen molar-refractivity contribution in [2.45, 2.75) is 18.9 Å². The minimum absolute atomic E-state index is 0.155. The van der Waals surface area contributed by atoms with E-state index in [1.807, 2.05) is 0 Å². The molecule has 1 amide bonds. The van der Waals surface area contributed by atoms with Gasteiger partial charge >= 0.3 is 0 Å². The fourth-order valence-corrected chi connectivity index (χ4v) is 5.07. The molecular weight excluding hydrogens is 358 g/mol. The molecule has 2 aliphatic heterocycles. The fraction of sp³-hybridized carbons (Fsp3) is 0.529. The standard InChI is InChI=1S/C17H21N3O5S/c21-17(14-12-16(25-18-14)15-2-1-9-24-15)20-7-5-19(6-8-20)13-3-10-26(22,23)11-4-13/h1-2,9,12-13H,3-8,10-11H2. The SMILES string of the molecule is O=C(c1cc(-c2ccco2)on1)N1CCN(C2CCS(=O)(=O)CC2)CC1. The second kappa shape index (κ2) is 6.88. The maximum atomic E-state index is 12.6. The number of nitrogens with zero attached hydrogens (tertiary/aromatic N) is 3. The van der Waals surface area contributed by atoms with E-state index < -0.39 is 9.84 Å². The van der Waals surface area contributed by atoms with Crippen LogP contribution in [0.25, 0.3) is 11.5 Å². The van der Waals surface area contributed by atoms with Crippen molar-refractivity contribution in [3.05, 3.63) is 30.2 Å². The van der Waals surface area contributed by atoms with Crippen molar-refractivity contribution in [1.29, 1.82) is 0 Å². The predicted molar refractivity (Wildman–Crippen MR) is 93.4 cm³/mol. The number of hydrogen-bond donors (Lipinski definition) is 0. The predicted octanol–water partition coefficient (Wildman–Crippen LogP) is 1.27. The average Bonchev–Trinajstić information content (AvgIpc) is 3.33. The molecule has 26 heavy (non-hydrogen) atoms. The van der Waals surface area contributed by atoms with Gasteiger partial charge in [-0.25, -0.2) is 8.42 Å². The maximum Gasteiger partial charge on any atom is 0.276 e. The Morgan fingerprint density at radius 1 is 1.12 bits per heavy atom. The van der Waals surface area contributed by atoms with Gasteiger partial charge in [-0.15, -0.1) is 0 Å². The molecule has 9 heteroatoms. The summed E-state index contributed by atoms with van der Waals surface area (Å²) in [5.41, 5.74) is 0.272. The van der Waals surface area contributed by atoms with Crippen molar-refractivity contribution in [2.24, 2.45) is 0 Å². The van der Waals surface area contributed by atoms with Crippen molar-refractivity contribution >= 4 is 15.7 Å². The number of amides is 1. The Balaban J connectivity index is 1.34. The molecule has 0 radical (unpaired) electrons. The molecule has 0 atom stereocenters. The van der Waals surface area contributed by atoms with Gasteiger partial charge in [-0.1, -0.05) is 5.16 Å². The van der Waals surface area contributed by atoms with Crippen LogP contribution >= 0.6 is 0 Å². The molecule has 2 aliphatic rings. The number of piperazine rings is 1. The molecule has 2 saturated heterocycles. The lowest BCUT2D eigenvalue weighted by Gasteiger charge is -2.40. The zero-order valence-electron chi connectivity index (χ0n) is 14.3. The molecule has 0 unspecified atom stereocenters. The van der Waals surface area contributed by atoms with Crippen LogP contribution in [0, 0.1) is 0 Å². The van der Waals surface area contributed by atoms with Crippen LogP contribution in [0.1, 0.15) is 23.3 Å². The van der Waals surface area contributed by atoms with Gasteiger partial charge in [0.1, 0.15) is 9.84 Å². The lowest BCUT2D eigenvalue weighted by Crippen LogP contribution is -2.53. The molecule has 4 heterocycles. The average molecular weight is 379 g/mol. The number of carbonyl (C=O) groups excluding carboxylic acids is 1. The zero-order chi connectivity index (χ0) is 18.1. The summed E-state index contributed by atoms with van der Waals surface area (Å²) in [6.45, 7) is 2.70. The van der Waals surface area contributed by atoms with Crippen molar-refractivity contribution in [2.75, 3.05) is 37.7 Å². The monoisotopic (exact) mass is 379 g/mol. The van der Waals surface area contributed by atoms with Crippen molar-refractivity contribution in [1.82, 2.24) is 15.0 Å². The van der Waals surface area contributed by atoms with E-state index in [1.54, 1.807) is 23.1 Å². The highest BCUT2D eigenvalue weighted by atomic mass is 32.2. The summed E-state index contributed by atoms with van der Waals surface area (Å²) in [5.74, 6) is 1.35. The minimum Gasteiger partial charge on any atom is -0.461 e. The maximum absolute atomic E-state index is 12.6. The first-order valence-corrected chi connectivity index (χ1v) is 10.6. The first kappa shape index (κ1) is 17.3. The molecule has 0 N–H and O–H groups in total. The summed E-state index contributed by atoms with van der Waals surface area (Å²) in [7, 11) is -2.85. The fourth-order valence-electron chi connectivity index (χ4n) is 3.61. The van der Waals surface area contributed by atoms with Crippen molar-refractivity contribution in [3.8, 4) is 11.5 Å². The number of hydrogen-bond acceptors (Lipinski definition) is 7. The Morgan fingerprint density at radius 3 is 2.50 bits per heavy atom. The molecule has 2 aromatic rings. The molecule has 0 aliphatic carbocycles. The highest BCUT2D eigenvalue weighted by Crippen LogP contribution is 2.23. The van der Waals surface area contributed by atoms with Crippen LogP contribution < -0.4 is 0 Å². The van der Waals surface area contributed by atoms with Crippen LogP contribution in [0.15, 0.2) is 33.4 Å². The molecule has 4 rings (SSSR count). The Labute approximate surface area is 151 Å². The highest BCUT2D eigenvalue weighted by Gasteiger charge is 2.31. The normalized spacial score (nSPS) is 21.8. The van der Waals surface area contributed by atoms with E-state index in [4.69, 9.17) is 8.94 Å². The van der Waals surface area contributed by atoms with Crippen LogP contribution in [0.2, 0.25) is 0 Å². The second-order valence-electron chi connectivity index (χ2n) is 6.76. The summed E-state index contributed by atoms with van der Waals surface area (Å²) < 4.78 is 33.6. The molecule has 2 aromatic heterocycles.